The zero-order chi connectivity index (χ0) is 29.3. The first kappa shape index (κ1) is 25.6. The summed E-state index contributed by atoms with van der Waals surface area (Å²) >= 11 is 0. The van der Waals surface area contributed by atoms with Gasteiger partial charge in [-0.25, -0.2) is 15.0 Å². The molecule has 0 saturated heterocycles. The maximum atomic E-state index is 5.07. The third-order valence-electron chi connectivity index (χ3n) is 7.84. The minimum atomic E-state index is 0.669. The molecule has 4 aromatic heterocycles. The molecular weight excluding hydrogens is 538 g/mol. The quantitative estimate of drug-likeness (QED) is 0.195. The van der Waals surface area contributed by atoms with Gasteiger partial charge < -0.3 is 0 Å². The summed E-state index contributed by atoms with van der Waals surface area (Å²) in [7, 11) is 0. The minimum absolute atomic E-state index is 0.669. The Labute approximate surface area is 254 Å². The number of fused-ring (bicyclic) bond motifs is 3. The Kier molecular flexibility index (Phi) is 6.39. The predicted molar refractivity (Wildman–Crippen MR) is 178 cm³/mol. The van der Waals surface area contributed by atoms with Crippen molar-refractivity contribution in [2.24, 2.45) is 0 Å². The molecule has 8 aromatic rings. The monoisotopic (exact) mass is 563 g/mol. The highest BCUT2D eigenvalue weighted by Gasteiger charge is 2.15. The summed E-state index contributed by atoms with van der Waals surface area (Å²) in [6.45, 7) is 0. The smallest absolute Gasteiger partial charge is 0.160 e. The molecular formula is C39H25N5. The van der Waals surface area contributed by atoms with E-state index in [2.05, 4.69) is 89.9 Å². The summed E-state index contributed by atoms with van der Waals surface area (Å²) in [5, 5.41) is 3.36. The number of para-hydroxylation sites is 1. The van der Waals surface area contributed by atoms with Crippen molar-refractivity contribution < 1.29 is 0 Å². The summed E-state index contributed by atoms with van der Waals surface area (Å²) in [6, 6.07) is 45.3. The lowest BCUT2D eigenvalue weighted by Gasteiger charge is -2.12. The van der Waals surface area contributed by atoms with Crippen molar-refractivity contribution >= 4 is 21.7 Å². The molecule has 0 spiro atoms. The zero-order valence-corrected chi connectivity index (χ0v) is 23.7. The van der Waals surface area contributed by atoms with Crippen molar-refractivity contribution in [3.05, 3.63) is 152 Å². The Hall–Kier alpha value is -6.07. The molecule has 206 valence electrons. The van der Waals surface area contributed by atoms with Crippen LogP contribution in [0.15, 0.2) is 152 Å². The first-order valence-electron chi connectivity index (χ1n) is 14.5. The number of nitrogens with zero attached hydrogens (tertiary/aromatic N) is 5. The molecule has 0 aliphatic rings. The van der Waals surface area contributed by atoms with Crippen molar-refractivity contribution in [3.63, 3.8) is 0 Å². The number of benzene rings is 4. The number of hydrogen-bond donors (Lipinski definition) is 0. The van der Waals surface area contributed by atoms with Crippen molar-refractivity contribution in [2.75, 3.05) is 0 Å². The van der Waals surface area contributed by atoms with E-state index in [1.54, 1.807) is 6.20 Å². The largest absolute Gasteiger partial charge is 0.264 e. The van der Waals surface area contributed by atoms with Gasteiger partial charge in [-0.15, -0.1) is 0 Å². The summed E-state index contributed by atoms with van der Waals surface area (Å²) in [6.07, 6.45) is 5.50. The number of hydrogen-bond acceptors (Lipinski definition) is 5. The molecule has 0 bridgehead atoms. The van der Waals surface area contributed by atoms with E-state index in [0.29, 0.717) is 5.82 Å². The Bertz CT molecular complexity index is 2260. The van der Waals surface area contributed by atoms with E-state index in [1.807, 2.05) is 60.9 Å². The van der Waals surface area contributed by atoms with Crippen LogP contribution in [-0.4, -0.2) is 24.9 Å². The van der Waals surface area contributed by atoms with Gasteiger partial charge in [-0.05, 0) is 46.8 Å². The average Bonchev–Trinajstić information content (AvgIpc) is 3.12. The van der Waals surface area contributed by atoms with E-state index in [0.717, 1.165) is 72.3 Å². The molecule has 0 radical (unpaired) electrons. The minimum Gasteiger partial charge on any atom is -0.264 e. The first-order chi connectivity index (χ1) is 21.8. The van der Waals surface area contributed by atoms with Gasteiger partial charge >= 0.3 is 0 Å². The molecule has 0 aliphatic carbocycles. The number of aromatic nitrogens is 5. The molecule has 0 saturated carbocycles. The molecule has 4 heterocycles. The highest BCUT2D eigenvalue weighted by atomic mass is 14.9. The third-order valence-corrected chi connectivity index (χ3v) is 7.84. The average molecular weight is 564 g/mol. The van der Waals surface area contributed by atoms with E-state index >= 15 is 0 Å². The number of rotatable bonds is 5. The van der Waals surface area contributed by atoms with Crippen LogP contribution >= 0.6 is 0 Å². The summed E-state index contributed by atoms with van der Waals surface area (Å²) in [5.74, 6) is 0.669. The Morgan fingerprint density at radius 3 is 1.86 bits per heavy atom. The lowest BCUT2D eigenvalue weighted by atomic mass is 10.0. The SMILES string of the molecule is c1ccc(-c2nc(-c3ccc(-c4cccnc4)cc3)cc(-c3ccnc(-c4nc5ccccc5c5ccccc45)c3)n2)cc1. The van der Waals surface area contributed by atoms with E-state index in [1.165, 1.54) is 0 Å². The molecule has 0 N–H and O–H groups in total. The van der Waals surface area contributed by atoms with Crippen LogP contribution in [0, 0.1) is 0 Å². The van der Waals surface area contributed by atoms with Crippen LogP contribution in [0.5, 0.6) is 0 Å². The van der Waals surface area contributed by atoms with Gasteiger partial charge in [0.25, 0.3) is 0 Å². The van der Waals surface area contributed by atoms with Crippen LogP contribution in [0.3, 0.4) is 0 Å². The zero-order valence-electron chi connectivity index (χ0n) is 23.7. The first-order valence-corrected chi connectivity index (χ1v) is 14.5. The van der Waals surface area contributed by atoms with Crippen molar-refractivity contribution in [1.29, 1.82) is 0 Å². The predicted octanol–water partition coefficient (Wildman–Crippen LogP) is 9.30. The van der Waals surface area contributed by atoms with E-state index in [9.17, 15) is 0 Å². The molecule has 4 aromatic carbocycles. The lowest BCUT2D eigenvalue weighted by Crippen LogP contribution is -1.97. The van der Waals surface area contributed by atoms with E-state index < -0.39 is 0 Å². The second-order valence-corrected chi connectivity index (χ2v) is 10.6. The second kappa shape index (κ2) is 11.0. The molecule has 8 rings (SSSR count). The van der Waals surface area contributed by atoms with Crippen LogP contribution in [0.4, 0.5) is 0 Å². The van der Waals surface area contributed by atoms with Gasteiger partial charge in [-0.1, -0.05) is 103 Å². The van der Waals surface area contributed by atoms with Crippen LogP contribution < -0.4 is 0 Å². The molecule has 0 amide bonds. The van der Waals surface area contributed by atoms with Crippen LogP contribution in [0.2, 0.25) is 0 Å². The van der Waals surface area contributed by atoms with Gasteiger partial charge in [0, 0.05) is 46.1 Å². The van der Waals surface area contributed by atoms with Crippen LogP contribution in [0.25, 0.3) is 78.1 Å². The summed E-state index contributed by atoms with van der Waals surface area (Å²) in [4.78, 5) is 24.2. The van der Waals surface area contributed by atoms with Crippen molar-refractivity contribution in [2.45, 2.75) is 0 Å². The van der Waals surface area contributed by atoms with Gasteiger partial charge in [0.2, 0.25) is 0 Å². The summed E-state index contributed by atoms with van der Waals surface area (Å²) < 4.78 is 0. The molecule has 0 fully saturated rings. The highest BCUT2D eigenvalue weighted by molar-refractivity contribution is 6.10. The Balaban J connectivity index is 1.27. The van der Waals surface area contributed by atoms with Crippen LogP contribution in [-0.2, 0) is 0 Å². The normalized spacial score (nSPS) is 11.2. The lowest BCUT2D eigenvalue weighted by molar-refractivity contribution is 1.18. The Morgan fingerprint density at radius 2 is 1.07 bits per heavy atom. The fourth-order valence-corrected chi connectivity index (χ4v) is 5.64. The van der Waals surface area contributed by atoms with Crippen molar-refractivity contribution in [1.82, 2.24) is 24.9 Å². The molecule has 0 aliphatic heterocycles. The molecule has 0 unspecified atom stereocenters. The topological polar surface area (TPSA) is 64.5 Å². The van der Waals surface area contributed by atoms with Crippen molar-refractivity contribution in [3.8, 4) is 56.4 Å². The van der Waals surface area contributed by atoms with E-state index in [4.69, 9.17) is 19.9 Å². The van der Waals surface area contributed by atoms with E-state index in [-0.39, 0.29) is 0 Å². The van der Waals surface area contributed by atoms with Gasteiger partial charge in [0.05, 0.1) is 28.3 Å². The Morgan fingerprint density at radius 1 is 0.386 bits per heavy atom. The number of pyridine rings is 3. The van der Waals surface area contributed by atoms with Gasteiger partial charge in [-0.3, -0.25) is 9.97 Å². The van der Waals surface area contributed by atoms with Crippen LogP contribution in [0.1, 0.15) is 0 Å². The summed E-state index contributed by atoms with van der Waals surface area (Å²) in [5.41, 5.74) is 9.35. The van der Waals surface area contributed by atoms with Gasteiger partial charge in [-0.2, -0.15) is 0 Å². The second-order valence-electron chi connectivity index (χ2n) is 10.6. The fraction of sp³-hybridized carbons (Fsp3) is 0. The maximum Gasteiger partial charge on any atom is 0.160 e. The molecule has 5 nitrogen and oxygen atoms in total. The molecule has 0 atom stereocenters. The third kappa shape index (κ3) is 4.76. The molecule has 44 heavy (non-hydrogen) atoms. The fourth-order valence-electron chi connectivity index (χ4n) is 5.64. The standard InChI is InChI=1S/C39H25N5/c1-2-9-28(10-3-1)39-43-35(27-18-16-26(17-19-27)30-11-8-21-40-25-30)24-36(44-39)29-20-22-41-37(23-29)38-33-14-5-4-12-31(33)32-13-6-7-15-34(32)42-38/h1-25H. The highest BCUT2D eigenvalue weighted by Crippen LogP contribution is 2.34. The van der Waals surface area contributed by atoms with Gasteiger partial charge in [0.15, 0.2) is 5.82 Å². The van der Waals surface area contributed by atoms with Gasteiger partial charge in [0.1, 0.15) is 0 Å². The maximum absolute atomic E-state index is 5.07. The molecule has 5 heteroatoms.